The van der Waals surface area contributed by atoms with E-state index < -0.39 is 6.10 Å². The van der Waals surface area contributed by atoms with Gasteiger partial charge in [-0.05, 0) is 116 Å². The van der Waals surface area contributed by atoms with Gasteiger partial charge in [0, 0.05) is 19.3 Å². The molecule has 0 aromatic rings. The van der Waals surface area contributed by atoms with Gasteiger partial charge in [0.15, 0.2) is 6.10 Å². The number of rotatable bonds is 48. The number of allylic oxidation sites excluding steroid dienone is 18. The van der Waals surface area contributed by atoms with E-state index in [0.29, 0.717) is 19.3 Å². The van der Waals surface area contributed by atoms with Crippen molar-refractivity contribution < 1.29 is 28.6 Å². The third kappa shape index (κ3) is 52.9. The first-order chi connectivity index (χ1) is 33.0. The first-order valence-electron chi connectivity index (χ1n) is 27.4. The first-order valence-corrected chi connectivity index (χ1v) is 27.4. The van der Waals surface area contributed by atoms with Crippen molar-refractivity contribution in [3.05, 3.63) is 109 Å². The van der Waals surface area contributed by atoms with Crippen LogP contribution in [0.4, 0.5) is 0 Å². The van der Waals surface area contributed by atoms with E-state index >= 15 is 0 Å². The van der Waals surface area contributed by atoms with Crippen molar-refractivity contribution in [1.82, 2.24) is 0 Å². The highest BCUT2D eigenvalue weighted by Crippen LogP contribution is 2.14. The Morgan fingerprint density at radius 1 is 0.313 bits per heavy atom. The summed E-state index contributed by atoms with van der Waals surface area (Å²) in [6.45, 7) is 6.34. The molecule has 0 aliphatic carbocycles. The maximum absolute atomic E-state index is 12.8. The van der Waals surface area contributed by atoms with E-state index in [9.17, 15) is 14.4 Å². The SMILES string of the molecule is CC/C=C\C/C=C\C/C=C\C/C=C\C/C=C\CCCC(=O)OC[C@H](COC(=O)CCCCCCC/C=C\C/C=C\C/C=C\CC)OC(=O)CCCCCCCCC/C=C\CCCCCCCC. The van der Waals surface area contributed by atoms with Gasteiger partial charge in [-0.2, -0.15) is 0 Å². The van der Waals surface area contributed by atoms with Gasteiger partial charge < -0.3 is 14.2 Å². The number of unbranched alkanes of at least 4 members (excludes halogenated alkanes) is 19. The van der Waals surface area contributed by atoms with Gasteiger partial charge in [-0.15, -0.1) is 0 Å². The van der Waals surface area contributed by atoms with Crippen molar-refractivity contribution in [3.63, 3.8) is 0 Å². The predicted molar refractivity (Wildman–Crippen MR) is 288 cm³/mol. The highest BCUT2D eigenvalue weighted by atomic mass is 16.6. The van der Waals surface area contributed by atoms with Gasteiger partial charge in [0.25, 0.3) is 0 Å². The Hall–Kier alpha value is -3.93. The Kier molecular flexibility index (Phi) is 51.5. The summed E-state index contributed by atoms with van der Waals surface area (Å²) < 4.78 is 16.8. The van der Waals surface area contributed by atoms with Gasteiger partial charge >= 0.3 is 17.9 Å². The van der Waals surface area contributed by atoms with Gasteiger partial charge in [-0.25, -0.2) is 0 Å². The van der Waals surface area contributed by atoms with E-state index in [1.807, 2.05) is 0 Å². The van der Waals surface area contributed by atoms with Crippen LogP contribution in [0.25, 0.3) is 0 Å². The number of carbonyl (C=O) groups excluding carboxylic acids is 3. The van der Waals surface area contributed by atoms with Crippen LogP contribution in [0.5, 0.6) is 0 Å². The molecule has 0 heterocycles. The molecule has 0 rings (SSSR count). The number of carbonyl (C=O) groups is 3. The van der Waals surface area contributed by atoms with E-state index in [2.05, 4.69) is 130 Å². The molecule has 0 spiro atoms. The summed E-state index contributed by atoms with van der Waals surface area (Å²) in [5.74, 6) is -0.990. The standard InChI is InChI=1S/C61H100O6/c1-4-7-10-13-16-19-22-25-28-30-33-36-39-42-45-48-51-54-60(63)66-57-58(56-65-59(62)53-50-47-44-41-38-35-32-27-24-21-18-15-12-9-6-3)67-61(64)55-52-49-46-43-40-37-34-31-29-26-23-20-17-14-11-8-5-2/h7,9-10,12,16,18-19,21,25-29,32-33,36,42,45,58H,4-6,8,11,13-15,17,20,22-24,30-31,34-35,37-41,43-44,46-57H2,1-3H3/b10-7-,12-9-,19-16-,21-18-,28-25-,29-26-,32-27-,36-33-,45-42-/t58-/m0/s1. The minimum Gasteiger partial charge on any atom is -0.462 e. The van der Waals surface area contributed by atoms with Crippen LogP contribution in [0, 0.1) is 0 Å². The summed E-state index contributed by atoms with van der Waals surface area (Å²) in [7, 11) is 0. The highest BCUT2D eigenvalue weighted by Gasteiger charge is 2.19. The van der Waals surface area contributed by atoms with E-state index in [4.69, 9.17) is 14.2 Å². The molecular weight excluding hydrogens is 829 g/mol. The fraction of sp³-hybridized carbons (Fsp3) is 0.656. The minimum atomic E-state index is -0.812. The Balaban J connectivity index is 4.52. The molecule has 0 N–H and O–H groups in total. The van der Waals surface area contributed by atoms with Crippen LogP contribution in [-0.2, 0) is 28.6 Å². The smallest absolute Gasteiger partial charge is 0.306 e. The summed E-state index contributed by atoms with van der Waals surface area (Å²) in [5.41, 5.74) is 0. The molecule has 0 radical (unpaired) electrons. The average Bonchev–Trinajstić information content (AvgIpc) is 3.33. The van der Waals surface area contributed by atoms with Crippen LogP contribution < -0.4 is 0 Å². The van der Waals surface area contributed by atoms with E-state index in [1.54, 1.807) is 0 Å². The lowest BCUT2D eigenvalue weighted by atomic mass is 10.1. The predicted octanol–water partition coefficient (Wildman–Crippen LogP) is 18.3. The van der Waals surface area contributed by atoms with Crippen molar-refractivity contribution in [3.8, 4) is 0 Å². The van der Waals surface area contributed by atoms with Gasteiger partial charge in [0.1, 0.15) is 13.2 Å². The third-order valence-electron chi connectivity index (χ3n) is 11.2. The summed E-state index contributed by atoms with van der Waals surface area (Å²) in [4.78, 5) is 38.1. The van der Waals surface area contributed by atoms with E-state index in [1.165, 1.54) is 77.0 Å². The zero-order valence-corrected chi connectivity index (χ0v) is 43.4. The molecule has 67 heavy (non-hydrogen) atoms. The Labute approximate surface area is 412 Å². The van der Waals surface area contributed by atoms with E-state index in [0.717, 1.165) is 116 Å². The van der Waals surface area contributed by atoms with Gasteiger partial charge in [-0.1, -0.05) is 214 Å². The zero-order chi connectivity index (χ0) is 48.6. The summed E-state index contributed by atoms with van der Waals surface area (Å²) in [6.07, 6.45) is 73.6. The Morgan fingerprint density at radius 3 is 0.985 bits per heavy atom. The van der Waals surface area contributed by atoms with Gasteiger partial charge in [-0.3, -0.25) is 14.4 Å². The second-order valence-electron chi connectivity index (χ2n) is 17.7. The lowest BCUT2D eigenvalue weighted by molar-refractivity contribution is -0.167. The molecule has 0 bridgehead atoms. The fourth-order valence-electron chi connectivity index (χ4n) is 7.19. The molecule has 0 unspecified atom stereocenters. The molecular formula is C61H100O6. The molecule has 0 aliphatic heterocycles. The van der Waals surface area contributed by atoms with Crippen molar-refractivity contribution in [1.29, 1.82) is 0 Å². The topological polar surface area (TPSA) is 78.9 Å². The molecule has 380 valence electrons. The summed E-state index contributed by atoms with van der Waals surface area (Å²) in [6, 6.07) is 0. The number of ether oxygens (including phenoxy) is 3. The van der Waals surface area contributed by atoms with Crippen LogP contribution in [-0.4, -0.2) is 37.2 Å². The Bertz CT molecular complexity index is 1390. The Morgan fingerprint density at radius 2 is 0.597 bits per heavy atom. The van der Waals surface area contributed by atoms with Crippen LogP contribution in [0.1, 0.15) is 239 Å². The van der Waals surface area contributed by atoms with Crippen LogP contribution >= 0.6 is 0 Å². The second-order valence-corrected chi connectivity index (χ2v) is 17.7. The molecule has 6 nitrogen and oxygen atoms in total. The quantitative estimate of drug-likeness (QED) is 0.0262. The largest absolute Gasteiger partial charge is 0.462 e. The van der Waals surface area contributed by atoms with Crippen LogP contribution in [0.2, 0.25) is 0 Å². The first kappa shape index (κ1) is 63.1. The zero-order valence-electron chi connectivity index (χ0n) is 43.4. The van der Waals surface area contributed by atoms with Gasteiger partial charge in [0.2, 0.25) is 0 Å². The van der Waals surface area contributed by atoms with Gasteiger partial charge in [0.05, 0.1) is 0 Å². The lowest BCUT2D eigenvalue weighted by Gasteiger charge is -2.18. The molecule has 0 aromatic heterocycles. The highest BCUT2D eigenvalue weighted by molar-refractivity contribution is 5.71. The minimum absolute atomic E-state index is 0.108. The average molecular weight is 929 g/mol. The van der Waals surface area contributed by atoms with Crippen LogP contribution in [0.15, 0.2) is 109 Å². The molecule has 0 saturated heterocycles. The van der Waals surface area contributed by atoms with Crippen molar-refractivity contribution >= 4 is 17.9 Å². The van der Waals surface area contributed by atoms with Crippen molar-refractivity contribution in [2.24, 2.45) is 0 Å². The third-order valence-corrected chi connectivity index (χ3v) is 11.2. The van der Waals surface area contributed by atoms with Crippen molar-refractivity contribution in [2.45, 2.75) is 245 Å². The molecule has 0 amide bonds. The lowest BCUT2D eigenvalue weighted by Crippen LogP contribution is -2.30. The molecule has 0 fully saturated rings. The molecule has 6 heteroatoms. The van der Waals surface area contributed by atoms with Crippen LogP contribution in [0.3, 0.4) is 0 Å². The van der Waals surface area contributed by atoms with Crippen molar-refractivity contribution in [2.75, 3.05) is 13.2 Å². The second kappa shape index (κ2) is 54.7. The molecule has 1 atom stereocenters. The number of hydrogen-bond acceptors (Lipinski definition) is 6. The fourth-order valence-corrected chi connectivity index (χ4v) is 7.19. The maximum Gasteiger partial charge on any atom is 0.306 e. The summed E-state index contributed by atoms with van der Waals surface area (Å²) >= 11 is 0. The molecule has 0 aromatic carbocycles. The molecule has 0 saturated carbocycles. The van der Waals surface area contributed by atoms with E-state index in [-0.39, 0.29) is 37.5 Å². The maximum atomic E-state index is 12.8. The number of hydrogen-bond donors (Lipinski definition) is 0. The summed E-state index contributed by atoms with van der Waals surface area (Å²) in [5, 5.41) is 0. The monoisotopic (exact) mass is 929 g/mol. The number of esters is 3. The molecule has 0 aliphatic rings. The normalized spacial score (nSPS) is 12.9.